The molecule has 2 N–H and O–H groups in total. The second-order valence-electron chi connectivity index (χ2n) is 4.07. The Bertz CT molecular complexity index is 588. The molecule has 112 valence electrons. The summed E-state index contributed by atoms with van der Waals surface area (Å²) in [5.74, 6) is 0.695. The number of benzene rings is 1. The number of aromatic amines is 1. The third-order valence-electron chi connectivity index (χ3n) is 2.41. The van der Waals surface area contributed by atoms with E-state index in [-0.39, 0.29) is 29.4 Å². The first-order chi connectivity index (χ1) is 10.2. The number of nitrogens with one attached hydrogen (secondary N) is 2. The number of hydrogen-bond acceptors (Lipinski definition) is 5. The average Bonchev–Trinajstić information content (AvgIpc) is 2.89. The minimum atomic E-state index is -0.267. The Kier molecular flexibility index (Phi) is 5.56. The van der Waals surface area contributed by atoms with Gasteiger partial charge in [-0.2, -0.15) is 4.98 Å². The molecule has 0 aliphatic heterocycles. The first-order valence-electron chi connectivity index (χ1n) is 6.34. The number of hydrogen-bond donors (Lipinski definition) is 2. The van der Waals surface area contributed by atoms with Gasteiger partial charge in [-0.15, -0.1) is 16.9 Å². The average molecular weight is 310 g/mol. The lowest BCUT2D eigenvalue weighted by molar-refractivity contribution is -0.113. The normalized spacial score (nSPS) is 10.4. The molecular weight excluding hydrogens is 295 g/mol. The highest BCUT2D eigenvalue weighted by molar-refractivity contribution is 7.99. The number of ether oxygens (including phenoxy) is 1. The van der Waals surface area contributed by atoms with Gasteiger partial charge in [0.15, 0.2) is 0 Å². The lowest BCUT2D eigenvalue weighted by Crippen LogP contribution is -2.15. The zero-order chi connectivity index (χ0) is 15.1. The zero-order valence-corrected chi connectivity index (χ0v) is 12.2. The minimum Gasteiger partial charge on any atom is -0.463 e. The monoisotopic (exact) mass is 310 g/mol. The molecular formula is C13H15FN4O2S. The summed E-state index contributed by atoms with van der Waals surface area (Å²) in [5, 5.41) is 8.93. The molecule has 1 aromatic carbocycles. The number of halogens is 1. The molecule has 0 fully saturated rings. The molecule has 0 spiro atoms. The molecule has 0 aliphatic carbocycles. The van der Waals surface area contributed by atoms with Crippen LogP contribution in [-0.2, 0) is 10.5 Å². The predicted molar refractivity (Wildman–Crippen MR) is 78.7 cm³/mol. The summed E-state index contributed by atoms with van der Waals surface area (Å²) in [6, 6.07) is 6.40. The molecule has 0 radical (unpaired) electrons. The Labute approximate surface area is 125 Å². The van der Waals surface area contributed by atoms with Crippen molar-refractivity contribution in [1.29, 1.82) is 0 Å². The topological polar surface area (TPSA) is 79.9 Å². The SMILES string of the molecule is CCOc1n[nH]c(NC(=O)CSCc2ccc(F)cc2)n1. The van der Waals surface area contributed by atoms with Gasteiger partial charge < -0.3 is 4.74 Å². The van der Waals surface area contributed by atoms with Gasteiger partial charge in [0.2, 0.25) is 11.9 Å². The maximum atomic E-state index is 12.7. The molecule has 1 heterocycles. The summed E-state index contributed by atoms with van der Waals surface area (Å²) in [4.78, 5) is 15.6. The summed E-state index contributed by atoms with van der Waals surface area (Å²) in [6.07, 6.45) is 0. The number of H-pyrrole nitrogens is 1. The van der Waals surface area contributed by atoms with Crippen molar-refractivity contribution in [1.82, 2.24) is 15.2 Å². The van der Waals surface area contributed by atoms with E-state index in [4.69, 9.17) is 4.74 Å². The van der Waals surface area contributed by atoms with Crippen LogP contribution in [0, 0.1) is 5.82 Å². The molecule has 2 aromatic rings. The maximum absolute atomic E-state index is 12.7. The van der Waals surface area contributed by atoms with Crippen molar-refractivity contribution < 1.29 is 13.9 Å². The number of thioether (sulfide) groups is 1. The van der Waals surface area contributed by atoms with E-state index in [2.05, 4.69) is 20.5 Å². The van der Waals surface area contributed by atoms with Gasteiger partial charge in [0.1, 0.15) is 5.82 Å². The summed E-state index contributed by atoms with van der Waals surface area (Å²) in [5.41, 5.74) is 0.965. The van der Waals surface area contributed by atoms with Gasteiger partial charge in [0.05, 0.1) is 12.4 Å². The highest BCUT2D eigenvalue weighted by Gasteiger charge is 2.08. The molecule has 0 aliphatic rings. The van der Waals surface area contributed by atoms with E-state index in [0.717, 1.165) is 5.56 Å². The number of nitrogens with zero attached hydrogens (tertiary/aromatic N) is 2. The standard InChI is InChI=1S/C13H15FN4O2S/c1-2-20-13-16-12(17-18-13)15-11(19)8-21-7-9-3-5-10(14)6-4-9/h3-6H,2,7-8H2,1H3,(H2,15,16,17,18,19). The van der Waals surface area contributed by atoms with Gasteiger partial charge in [-0.1, -0.05) is 12.1 Å². The summed E-state index contributed by atoms with van der Waals surface area (Å²) in [7, 11) is 0. The third-order valence-corrected chi connectivity index (χ3v) is 3.42. The molecule has 0 atom stereocenters. The van der Waals surface area contributed by atoms with E-state index < -0.39 is 0 Å². The fraction of sp³-hybridized carbons (Fsp3) is 0.308. The number of carbonyl (C=O) groups is 1. The Morgan fingerprint density at radius 1 is 1.43 bits per heavy atom. The molecule has 8 heteroatoms. The second kappa shape index (κ2) is 7.63. The van der Waals surface area contributed by atoms with Crippen molar-refractivity contribution in [3.63, 3.8) is 0 Å². The Balaban J connectivity index is 1.72. The van der Waals surface area contributed by atoms with Crippen molar-refractivity contribution in [2.75, 3.05) is 17.7 Å². The minimum absolute atomic E-state index is 0.193. The van der Waals surface area contributed by atoms with Crippen molar-refractivity contribution in [2.24, 2.45) is 0 Å². The number of carbonyl (C=O) groups excluding carboxylic acids is 1. The summed E-state index contributed by atoms with van der Waals surface area (Å²) >= 11 is 1.43. The Hall–Kier alpha value is -2.09. The van der Waals surface area contributed by atoms with Crippen LogP contribution in [0.4, 0.5) is 10.3 Å². The Morgan fingerprint density at radius 3 is 2.90 bits per heavy atom. The molecule has 1 aromatic heterocycles. The van der Waals surface area contributed by atoms with Gasteiger partial charge in [-0.3, -0.25) is 10.1 Å². The first kappa shape index (κ1) is 15.3. The third kappa shape index (κ3) is 5.07. The van der Waals surface area contributed by atoms with Crippen LogP contribution in [0.25, 0.3) is 0 Å². The van der Waals surface area contributed by atoms with Crippen LogP contribution >= 0.6 is 11.8 Å². The van der Waals surface area contributed by atoms with Gasteiger partial charge in [-0.05, 0) is 24.6 Å². The molecule has 0 unspecified atom stereocenters. The van der Waals surface area contributed by atoms with Gasteiger partial charge in [0, 0.05) is 5.75 Å². The maximum Gasteiger partial charge on any atom is 0.337 e. The van der Waals surface area contributed by atoms with Crippen LogP contribution in [0.3, 0.4) is 0 Å². The number of amides is 1. The Morgan fingerprint density at radius 2 is 2.19 bits per heavy atom. The van der Waals surface area contributed by atoms with E-state index in [1.807, 2.05) is 6.92 Å². The van der Waals surface area contributed by atoms with Crippen molar-refractivity contribution in [2.45, 2.75) is 12.7 Å². The largest absolute Gasteiger partial charge is 0.463 e. The highest BCUT2D eigenvalue weighted by Crippen LogP contribution is 2.13. The fourth-order valence-electron chi connectivity index (χ4n) is 1.51. The molecule has 0 saturated heterocycles. The van der Waals surface area contributed by atoms with E-state index in [1.54, 1.807) is 12.1 Å². The van der Waals surface area contributed by atoms with Crippen LogP contribution in [0.15, 0.2) is 24.3 Å². The van der Waals surface area contributed by atoms with Crippen LogP contribution in [0.2, 0.25) is 0 Å². The fourth-order valence-corrected chi connectivity index (χ4v) is 2.29. The zero-order valence-electron chi connectivity index (χ0n) is 11.4. The molecule has 2 rings (SSSR count). The van der Waals surface area contributed by atoms with E-state index >= 15 is 0 Å². The quantitative estimate of drug-likeness (QED) is 0.819. The first-order valence-corrected chi connectivity index (χ1v) is 7.50. The van der Waals surface area contributed by atoms with Gasteiger partial charge in [-0.25, -0.2) is 9.49 Å². The van der Waals surface area contributed by atoms with Gasteiger partial charge in [0.25, 0.3) is 0 Å². The number of aromatic nitrogens is 3. The molecule has 21 heavy (non-hydrogen) atoms. The van der Waals surface area contributed by atoms with Crippen LogP contribution in [0.1, 0.15) is 12.5 Å². The highest BCUT2D eigenvalue weighted by atomic mass is 32.2. The van der Waals surface area contributed by atoms with Crippen molar-refractivity contribution in [3.05, 3.63) is 35.6 Å². The summed E-state index contributed by atoms with van der Waals surface area (Å²) in [6.45, 7) is 2.28. The van der Waals surface area contributed by atoms with Crippen LogP contribution in [0.5, 0.6) is 6.01 Å². The number of rotatable bonds is 7. The molecule has 0 bridgehead atoms. The van der Waals surface area contributed by atoms with E-state index in [1.165, 1.54) is 23.9 Å². The van der Waals surface area contributed by atoms with Gasteiger partial charge >= 0.3 is 6.01 Å². The molecule has 1 amide bonds. The van der Waals surface area contributed by atoms with E-state index in [9.17, 15) is 9.18 Å². The summed E-state index contributed by atoms with van der Waals surface area (Å²) < 4.78 is 17.8. The smallest absolute Gasteiger partial charge is 0.337 e. The lowest BCUT2D eigenvalue weighted by atomic mass is 10.2. The van der Waals surface area contributed by atoms with Crippen molar-refractivity contribution >= 4 is 23.6 Å². The van der Waals surface area contributed by atoms with Crippen molar-refractivity contribution in [3.8, 4) is 6.01 Å². The lowest BCUT2D eigenvalue weighted by Gasteiger charge is -2.02. The predicted octanol–water partition coefficient (Wildman–Crippen LogP) is 2.21. The second-order valence-corrected chi connectivity index (χ2v) is 5.05. The van der Waals surface area contributed by atoms with Crippen LogP contribution < -0.4 is 10.1 Å². The molecule has 6 nitrogen and oxygen atoms in total. The number of anilines is 1. The van der Waals surface area contributed by atoms with Crippen LogP contribution in [-0.4, -0.2) is 33.4 Å². The molecule has 0 saturated carbocycles. The van der Waals surface area contributed by atoms with E-state index in [0.29, 0.717) is 12.4 Å².